The Bertz CT molecular complexity index is 216. The summed E-state index contributed by atoms with van der Waals surface area (Å²) in [6.07, 6.45) is 0.780. The fourth-order valence-corrected chi connectivity index (χ4v) is 2.14. The van der Waals surface area contributed by atoms with Crippen molar-refractivity contribution in [1.29, 1.82) is 0 Å². The van der Waals surface area contributed by atoms with E-state index in [4.69, 9.17) is 0 Å². The normalized spacial score (nSPS) is 11.5. The Balaban J connectivity index is 3.84. The number of sulfone groups is 1. The van der Waals surface area contributed by atoms with E-state index in [9.17, 15) is 13.2 Å². The zero-order valence-electron chi connectivity index (χ0n) is 6.96. The minimum atomic E-state index is -2.95. The summed E-state index contributed by atoms with van der Waals surface area (Å²) in [5.41, 5.74) is 0. The molecule has 4 heteroatoms. The van der Waals surface area contributed by atoms with Crippen molar-refractivity contribution in [2.45, 2.75) is 26.7 Å². The predicted molar refractivity (Wildman–Crippen MR) is 44.2 cm³/mol. The highest BCUT2D eigenvalue weighted by Gasteiger charge is 2.09. The van der Waals surface area contributed by atoms with Gasteiger partial charge in [0.25, 0.3) is 0 Å². The standard InChI is InChI=1S/C7H14O3S/c1-3-5-11(9,10)6-4-7(2)8/h3-6H2,1-2H3. The molecular weight excluding hydrogens is 164 g/mol. The number of ketones is 1. The van der Waals surface area contributed by atoms with E-state index in [1.54, 1.807) is 0 Å². The Labute approximate surface area is 67.7 Å². The highest BCUT2D eigenvalue weighted by atomic mass is 32.2. The van der Waals surface area contributed by atoms with Gasteiger partial charge in [0.2, 0.25) is 0 Å². The Kier molecular flexibility index (Phi) is 4.33. The molecule has 11 heavy (non-hydrogen) atoms. The van der Waals surface area contributed by atoms with Crippen molar-refractivity contribution in [2.24, 2.45) is 0 Å². The maximum atomic E-state index is 11.0. The largest absolute Gasteiger partial charge is 0.300 e. The Morgan fingerprint density at radius 1 is 1.27 bits per heavy atom. The van der Waals surface area contributed by atoms with Crippen LogP contribution in [0.5, 0.6) is 0 Å². The maximum Gasteiger partial charge on any atom is 0.150 e. The van der Waals surface area contributed by atoms with Gasteiger partial charge in [-0.2, -0.15) is 0 Å². The van der Waals surface area contributed by atoms with E-state index in [1.807, 2.05) is 6.92 Å². The van der Waals surface area contributed by atoms with Crippen LogP contribution in [0.25, 0.3) is 0 Å². The lowest BCUT2D eigenvalue weighted by molar-refractivity contribution is -0.116. The molecule has 0 bridgehead atoms. The first-order valence-corrected chi connectivity index (χ1v) is 5.50. The Morgan fingerprint density at radius 2 is 1.82 bits per heavy atom. The fourth-order valence-electron chi connectivity index (χ4n) is 0.712. The van der Waals surface area contributed by atoms with Crippen molar-refractivity contribution in [3.63, 3.8) is 0 Å². The van der Waals surface area contributed by atoms with E-state index in [2.05, 4.69) is 0 Å². The molecule has 0 aliphatic carbocycles. The molecule has 0 aliphatic rings. The third kappa shape index (κ3) is 6.04. The maximum absolute atomic E-state index is 11.0. The van der Waals surface area contributed by atoms with Gasteiger partial charge in [0.1, 0.15) is 5.78 Å². The third-order valence-electron chi connectivity index (χ3n) is 1.28. The predicted octanol–water partition coefficient (Wildman–Crippen LogP) is 0.790. The van der Waals surface area contributed by atoms with Crippen LogP contribution in [0.2, 0.25) is 0 Å². The number of rotatable bonds is 5. The van der Waals surface area contributed by atoms with Crippen molar-refractivity contribution in [3.8, 4) is 0 Å². The molecule has 0 spiro atoms. The molecule has 0 N–H and O–H groups in total. The summed E-state index contributed by atoms with van der Waals surface area (Å²) in [7, 11) is -2.95. The lowest BCUT2D eigenvalue weighted by Crippen LogP contribution is -2.12. The molecule has 0 rings (SSSR count). The lowest BCUT2D eigenvalue weighted by atomic mass is 10.4. The second-order valence-electron chi connectivity index (χ2n) is 2.60. The molecule has 0 amide bonds. The van der Waals surface area contributed by atoms with Crippen LogP contribution < -0.4 is 0 Å². The Morgan fingerprint density at radius 3 is 2.18 bits per heavy atom. The molecule has 0 saturated carbocycles. The minimum absolute atomic E-state index is 0.0101. The molecule has 0 aromatic heterocycles. The second kappa shape index (κ2) is 4.49. The molecule has 0 heterocycles. The van der Waals surface area contributed by atoms with Gasteiger partial charge in [-0.3, -0.25) is 4.79 Å². The number of Topliss-reactive ketones (excluding diaryl/α,β-unsaturated/α-hetero) is 1. The van der Waals surface area contributed by atoms with Crippen LogP contribution in [0, 0.1) is 0 Å². The lowest BCUT2D eigenvalue weighted by Gasteiger charge is -1.98. The molecule has 0 saturated heterocycles. The highest BCUT2D eigenvalue weighted by Crippen LogP contribution is 1.96. The molecule has 0 aliphatic heterocycles. The first kappa shape index (κ1) is 10.6. The van der Waals surface area contributed by atoms with Crippen LogP contribution in [-0.4, -0.2) is 25.7 Å². The van der Waals surface area contributed by atoms with Crippen LogP contribution in [0.3, 0.4) is 0 Å². The highest BCUT2D eigenvalue weighted by molar-refractivity contribution is 7.91. The summed E-state index contributed by atoms with van der Waals surface area (Å²) in [4.78, 5) is 10.4. The van der Waals surface area contributed by atoms with Crippen LogP contribution in [0.4, 0.5) is 0 Å². The topological polar surface area (TPSA) is 51.2 Å². The summed E-state index contributed by atoms with van der Waals surface area (Å²) in [6, 6.07) is 0. The number of carbonyl (C=O) groups excluding carboxylic acids is 1. The van der Waals surface area contributed by atoms with Gasteiger partial charge in [-0.15, -0.1) is 0 Å². The van der Waals surface area contributed by atoms with Crippen molar-refractivity contribution >= 4 is 15.6 Å². The average molecular weight is 178 g/mol. The fraction of sp³-hybridized carbons (Fsp3) is 0.857. The molecule has 66 valence electrons. The van der Waals surface area contributed by atoms with E-state index in [1.165, 1.54) is 6.92 Å². The molecule has 0 fully saturated rings. The molecule has 3 nitrogen and oxygen atoms in total. The summed E-state index contributed by atoms with van der Waals surface area (Å²) < 4.78 is 22.0. The van der Waals surface area contributed by atoms with E-state index in [0.717, 1.165) is 0 Å². The second-order valence-corrected chi connectivity index (χ2v) is 4.91. The zero-order valence-corrected chi connectivity index (χ0v) is 7.78. The zero-order chi connectivity index (χ0) is 8.91. The van der Waals surface area contributed by atoms with Gasteiger partial charge >= 0.3 is 0 Å². The van der Waals surface area contributed by atoms with Gasteiger partial charge < -0.3 is 0 Å². The van der Waals surface area contributed by atoms with Crippen LogP contribution in [-0.2, 0) is 14.6 Å². The van der Waals surface area contributed by atoms with E-state index in [-0.39, 0.29) is 23.7 Å². The summed E-state index contributed by atoms with van der Waals surface area (Å²) >= 11 is 0. The minimum Gasteiger partial charge on any atom is -0.300 e. The van der Waals surface area contributed by atoms with Crippen LogP contribution in [0.15, 0.2) is 0 Å². The number of carbonyl (C=O) groups is 1. The van der Waals surface area contributed by atoms with Gasteiger partial charge in [-0.1, -0.05) is 6.92 Å². The molecule has 0 radical (unpaired) electrons. The number of hydrogen-bond donors (Lipinski definition) is 0. The average Bonchev–Trinajstić information content (AvgIpc) is 1.84. The summed E-state index contributed by atoms with van der Waals surface area (Å²) in [5, 5.41) is 0. The summed E-state index contributed by atoms with van der Waals surface area (Å²) in [5.74, 6) is 0.140. The van der Waals surface area contributed by atoms with E-state index >= 15 is 0 Å². The molecule has 0 atom stereocenters. The van der Waals surface area contributed by atoms with Crippen LogP contribution in [0.1, 0.15) is 26.7 Å². The first-order chi connectivity index (χ1) is 4.98. The Hall–Kier alpha value is -0.380. The van der Waals surface area contributed by atoms with Crippen molar-refractivity contribution in [2.75, 3.05) is 11.5 Å². The van der Waals surface area contributed by atoms with Crippen molar-refractivity contribution < 1.29 is 13.2 Å². The SMILES string of the molecule is CCCS(=O)(=O)CCC(C)=O. The molecule has 0 aromatic rings. The van der Waals surface area contributed by atoms with Gasteiger partial charge in [-0.25, -0.2) is 8.42 Å². The van der Waals surface area contributed by atoms with E-state index < -0.39 is 9.84 Å². The number of hydrogen-bond acceptors (Lipinski definition) is 3. The van der Waals surface area contributed by atoms with Crippen molar-refractivity contribution in [3.05, 3.63) is 0 Å². The quantitative estimate of drug-likeness (QED) is 0.625. The van der Waals surface area contributed by atoms with Gasteiger partial charge in [0.15, 0.2) is 9.84 Å². The molecular formula is C7H14O3S. The third-order valence-corrected chi connectivity index (χ3v) is 3.14. The smallest absolute Gasteiger partial charge is 0.150 e. The molecule has 0 aromatic carbocycles. The first-order valence-electron chi connectivity index (χ1n) is 3.68. The monoisotopic (exact) mass is 178 g/mol. The van der Waals surface area contributed by atoms with Crippen LogP contribution >= 0.6 is 0 Å². The van der Waals surface area contributed by atoms with E-state index in [0.29, 0.717) is 6.42 Å². The van der Waals surface area contributed by atoms with Gasteiger partial charge in [-0.05, 0) is 13.3 Å². The summed E-state index contributed by atoms with van der Waals surface area (Å²) in [6.45, 7) is 3.22. The van der Waals surface area contributed by atoms with Gasteiger partial charge in [0.05, 0.1) is 5.75 Å². The molecule has 0 unspecified atom stereocenters. The van der Waals surface area contributed by atoms with Crippen molar-refractivity contribution in [1.82, 2.24) is 0 Å². The van der Waals surface area contributed by atoms with Gasteiger partial charge in [0, 0.05) is 12.2 Å².